The van der Waals surface area contributed by atoms with Gasteiger partial charge in [-0.2, -0.15) is 0 Å². The number of benzene rings is 2. The van der Waals surface area contributed by atoms with E-state index >= 15 is 0 Å². The van der Waals surface area contributed by atoms with E-state index in [0.29, 0.717) is 18.8 Å². The number of likely N-dealkylation sites (tertiary alicyclic amines) is 1. The van der Waals surface area contributed by atoms with E-state index in [-0.39, 0.29) is 23.4 Å². The van der Waals surface area contributed by atoms with Crippen LogP contribution < -0.4 is 5.32 Å². The van der Waals surface area contributed by atoms with Gasteiger partial charge in [0.1, 0.15) is 0 Å². The molecule has 0 bridgehead atoms. The third kappa shape index (κ3) is 3.21. The van der Waals surface area contributed by atoms with Gasteiger partial charge in [-0.3, -0.25) is 9.59 Å². The molecule has 4 rings (SSSR count). The minimum absolute atomic E-state index is 0.0784. The summed E-state index contributed by atoms with van der Waals surface area (Å²) < 4.78 is 5.27. The number of hydrogen-bond acceptors (Lipinski definition) is 4. The van der Waals surface area contributed by atoms with Crippen molar-refractivity contribution in [1.29, 1.82) is 0 Å². The van der Waals surface area contributed by atoms with E-state index < -0.39 is 0 Å². The topological polar surface area (TPSA) is 75.4 Å². The van der Waals surface area contributed by atoms with Crippen LogP contribution in [0.15, 0.2) is 71.3 Å². The molecular formula is C20H17N3O3. The zero-order chi connectivity index (χ0) is 17.9. The Morgan fingerprint density at radius 2 is 1.65 bits per heavy atom. The molecule has 6 heteroatoms. The summed E-state index contributed by atoms with van der Waals surface area (Å²) in [7, 11) is 0. The van der Waals surface area contributed by atoms with Crippen LogP contribution in [0, 0.1) is 5.92 Å². The van der Waals surface area contributed by atoms with Crippen molar-refractivity contribution < 1.29 is 14.1 Å². The van der Waals surface area contributed by atoms with Crippen LogP contribution in [0.5, 0.6) is 0 Å². The van der Waals surface area contributed by atoms with Crippen molar-refractivity contribution in [1.82, 2.24) is 10.1 Å². The molecule has 2 aromatic carbocycles. The van der Waals surface area contributed by atoms with Crippen LogP contribution in [0.2, 0.25) is 0 Å². The zero-order valence-corrected chi connectivity index (χ0v) is 14.0. The number of amides is 2. The lowest BCUT2D eigenvalue weighted by atomic mass is 9.98. The van der Waals surface area contributed by atoms with E-state index in [4.69, 9.17) is 4.52 Å². The molecule has 2 heterocycles. The minimum atomic E-state index is -0.223. The average Bonchev–Trinajstić information content (AvgIpc) is 3.12. The third-order valence-corrected chi connectivity index (χ3v) is 4.37. The third-order valence-electron chi connectivity index (χ3n) is 4.37. The maximum Gasteiger partial charge on any atom is 0.276 e. The highest BCUT2D eigenvalue weighted by atomic mass is 16.5. The van der Waals surface area contributed by atoms with Gasteiger partial charge in [0.25, 0.3) is 5.91 Å². The number of aromatic nitrogens is 1. The van der Waals surface area contributed by atoms with Gasteiger partial charge in [-0.1, -0.05) is 53.7 Å². The second-order valence-corrected chi connectivity index (χ2v) is 6.20. The summed E-state index contributed by atoms with van der Waals surface area (Å²) in [5.41, 5.74) is 1.87. The lowest BCUT2D eigenvalue weighted by molar-refractivity contribution is -0.123. The molecule has 3 aromatic rings. The number of para-hydroxylation sites is 1. The Morgan fingerprint density at radius 3 is 2.35 bits per heavy atom. The Hall–Kier alpha value is -3.41. The second-order valence-electron chi connectivity index (χ2n) is 6.20. The highest BCUT2D eigenvalue weighted by Gasteiger charge is 2.37. The lowest BCUT2D eigenvalue weighted by Gasteiger charge is -2.37. The Balaban J connectivity index is 1.35. The van der Waals surface area contributed by atoms with Gasteiger partial charge in [-0.15, -0.1) is 0 Å². The van der Waals surface area contributed by atoms with Crippen LogP contribution in [0.1, 0.15) is 10.5 Å². The second kappa shape index (κ2) is 6.84. The first-order chi connectivity index (χ1) is 12.7. The maximum absolute atomic E-state index is 12.5. The predicted octanol–water partition coefficient (Wildman–Crippen LogP) is 3.05. The van der Waals surface area contributed by atoms with Crippen LogP contribution in [0.3, 0.4) is 0 Å². The van der Waals surface area contributed by atoms with Crippen molar-refractivity contribution in [3.63, 3.8) is 0 Å². The number of carbonyl (C=O) groups is 2. The van der Waals surface area contributed by atoms with Gasteiger partial charge in [-0.25, -0.2) is 0 Å². The highest BCUT2D eigenvalue weighted by molar-refractivity contribution is 5.98. The van der Waals surface area contributed by atoms with Gasteiger partial charge < -0.3 is 14.7 Å². The summed E-state index contributed by atoms with van der Waals surface area (Å²) in [6, 6.07) is 20.4. The van der Waals surface area contributed by atoms with Crippen LogP contribution in [-0.4, -0.2) is 35.0 Å². The molecule has 1 aromatic heterocycles. The van der Waals surface area contributed by atoms with Crippen molar-refractivity contribution in [2.75, 3.05) is 18.4 Å². The van der Waals surface area contributed by atoms with E-state index in [1.165, 1.54) is 0 Å². The van der Waals surface area contributed by atoms with E-state index in [1.807, 2.05) is 60.7 Å². The Kier molecular flexibility index (Phi) is 4.23. The largest absolute Gasteiger partial charge is 0.355 e. The molecular weight excluding hydrogens is 330 g/mol. The fraction of sp³-hybridized carbons (Fsp3) is 0.150. The maximum atomic E-state index is 12.5. The first-order valence-corrected chi connectivity index (χ1v) is 8.38. The van der Waals surface area contributed by atoms with E-state index in [2.05, 4.69) is 10.5 Å². The zero-order valence-electron chi connectivity index (χ0n) is 14.0. The van der Waals surface area contributed by atoms with Crippen molar-refractivity contribution in [3.8, 4) is 11.3 Å². The smallest absolute Gasteiger partial charge is 0.276 e. The molecule has 6 nitrogen and oxygen atoms in total. The SMILES string of the molecule is O=C(Nc1ccccc1)C1CN(C(=O)c2cc(-c3ccccc3)on2)C1. The summed E-state index contributed by atoms with van der Waals surface area (Å²) in [6.45, 7) is 0.760. The van der Waals surface area contributed by atoms with Crippen LogP contribution >= 0.6 is 0 Å². The van der Waals surface area contributed by atoms with Crippen molar-refractivity contribution in [2.45, 2.75) is 0 Å². The van der Waals surface area contributed by atoms with Crippen LogP contribution in [-0.2, 0) is 4.79 Å². The van der Waals surface area contributed by atoms with Gasteiger partial charge in [-0.05, 0) is 12.1 Å². The predicted molar refractivity (Wildman–Crippen MR) is 96.4 cm³/mol. The van der Waals surface area contributed by atoms with Gasteiger partial charge in [0, 0.05) is 30.4 Å². The Morgan fingerprint density at radius 1 is 1.00 bits per heavy atom. The molecule has 0 aliphatic carbocycles. The van der Waals surface area contributed by atoms with E-state index in [1.54, 1.807) is 11.0 Å². The summed E-state index contributed by atoms with van der Waals surface area (Å²) in [4.78, 5) is 26.3. The number of nitrogens with one attached hydrogen (secondary N) is 1. The molecule has 130 valence electrons. The fourth-order valence-corrected chi connectivity index (χ4v) is 2.85. The average molecular weight is 347 g/mol. The summed E-state index contributed by atoms with van der Waals surface area (Å²) in [6.07, 6.45) is 0. The molecule has 0 spiro atoms. The first kappa shape index (κ1) is 16.1. The lowest BCUT2D eigenvalue weighted by Crippen LogP contribution is -2.54. The highest BCUT2D eigenvalue weighted by Crippen LogP contribution is 2.24. The molecule has 0 unspecified atom stereocenters. The van der Waals surface area contributed by atoms with Crippen LogP contribution in [0.25, 0.3) is 11.3 Å². The molecule has 1 fully saturated rings. The molecule has 1 aliphatic rings. The summed E-state index contributed by atoms with van der Waals surface area (Å²) in [5.74, 6) is 0.0394. The Bertz CT molecular complexity index is 916. The van der Waals surface area contributed by atoms with Gasteiger partial charge in [0.05, 0.1) is 5.92 Å². The molecule has 2 amide bonds. The van der Waals surface area contributed by atoms with Crippen molar-refractivity contribution >= 4 is 17.5 Å². The summed E-state index contributed by atoms with van der Waals surface area (Å²) in [5, 5.41) is 6.72. The number of anilines is 1. The first-order valence-electron chi connectivity index (χ1n) is 8.38. The van der Waals surface area contributed by atoms with Crippen molar-refractivity contribution in [3.05, 3.63) is 72.4 Å². The molecule has 1 aliphatic heterocycles. The number of hydrogen-bond donors (Lipinski definition) is 1. The van der Waals surface area contributed by atoms with Gasteiger partial charge >= 0.3 is 0 Å². The van der Waals surface area contributed by atoms with Gasteiger partial charge in [0.2, 0.25) is 5.91 Å². The standard InChI is InChI=1S/C20H17N3O3/c24-19(21-16-9-5-2-6-10-16)15-12-23(13-15)20(25)17-11-18(26-22-17)14-7-3-1-4-8-14/h1-11,15H,12-13H2,(H,21,24). The van der Waals surface area contributed by atoms with E-state index in [0.717, 1.165) is 11.3 Å². The number of carbonyl (C=O) groups excluding carboxylic acids is 2. The number of nitrogens with zero attached hydrogens (tertiary/aromatic N) is 2. The fourth-order valence-electron chi connectivity index (χ4n) is 2.85. The molecule has 1 N–H and O–H groups in total. The quantitative estimate of drug-likeness (QED) is 0.787. The minimum Gasteiger partial charge on any atom is -0.355 e. The molecule has 26 heavy (non-hydrogen) atoms. The molecule has 0 radical (unpaired) electrons. The summed E-state index contributed by atoms with van der Waals surface area (Å²) >= 11 is 0. The van der Waals surface area contributed by atoms with Crippen molar-refractivity contribution in [2.24, 2.45) is 5.92 Å². The van der Waals surface area contributed by atoms with Gasteiger partial charge in [0.15, 0.2) is 11.5 Å². The normalized spacial score (nSPS) is 13.9. The number of rotatable bonds is 4. The van der Waals surface area contributed by atoms with E-state index in [9.17, 15) is 9.59 Å². The molecule has 0 saturated carbocycles. The monoisotopic (exact) mass is 347 g/mol. The molecule has 1 saturated heterocycles. The Labute approximate surface area is 150 Å². The molecule has 0 atom stereocenters. The van der Waals surface area contributed by atoms with Crippen LogP contribution in [0.4, 0.5) is 5.69 Å².